The van der Waals surface area contributed by atoms with Gasteiger partial charge in [-0.2, -0.15) is 4.31 Å². The molecule has 128 valence electrons. The number of sulfonamides is 1. The normalized spacial score (nSPS) is 32.6. The second-order valence-electron chi connectivity index (χ2n) is 6.80. The number of nitrogens with two attached hydrogens (primary N) is 1. The molecule has 1 amide bonds. The predicted molar refractivity (Wildman–Crippen MR) is 83.7 cm³/mol. The molecule has 0 bridgehead atoms. The Bertz CT molecular complexity index is 540. The van der Waals surface area contributed by atoms with Crippen LogP contribution in [-0.2, 0) is 19.6 Å². The second kappa shape index (κ2) is 5.74. The third-order valence-corrected chi connectivity index (χ3v) is 6.51. The molecular formula is C14H27N3O4S. The van der Waals surface area contributed by atoms with Crippen LogP contribution in [0.3, 0.4) is 0 Å². The van der Waals surface area contributed by atoms with Gasteiger partial charge >= 0.3 is 0 Å². The van der Waals surface area contributed by atoms with Crippen LogP contribution >= 0.6 is 0 Å². The minimum Gasteiger partial charge on any atom is -0.378 e. The fourth-order valence-electron chi connectivity index (χ4n) is 3.30. The Morgan fingerprint density at radius 1 is 1.27 bits per heavy atom. The van der Waals surface area contributed by atoms with E-state index in [9.17, 15) is 13.2 Å². The number of hydrogen-bond acceptors (Lipinski definition) is 5. The summed E-state index contributed by atoms with van der Waals surface area (Å²) in [6, 6.07) is 0. The third kappa shape index (κ3) is 2.77. The third-order valence-electron chi connectivity index (χ3n) is 5.21. The average molecular weight is 333 g/mol. The molecule has 1 heterocycles. The quantitative estimate of drug-likeness (QED) is 0.757. The van der Waals surface area contributed by atoms with Crippen molar-refractivity contribution in [2.24, 2.45) is 11.1 Å². The number of carbonyl (C=O) groups excluding carboxylic acids is 1. The van der Waals surface area contributed by atoms with Crippen molar-refractivity contribution in [3.63, 3.8) is 0 Å². The van der Waals surface area contributed by atoms with Gasteiger partial charge in [0.25, 0.3) is 0 Å². The molecule has 2 rings (SSSR count). The Morgan fingerprint density at radius 2 is 1.82 bits per heavy atom. The van der Waals surface area contributed by atoms with Crippen LogP contribution in [0, 0.1) is 5.41 Å². The number of nitrogens with zero attached hydrogens (tertiary/aromatic N) is 2. The molecule has 0 aromatic heterocycles. The summed E-state index contributed by atoms with van der Waals surface area (Å²) >= 11 is 0. The van der Waals surface area contributed by atoms with Crippen molar-refractivity contribution in [3.05, 3.63) is 0 Å². The first-order valence-electron chi connectivity index (χ1n) is 7.69. The Labute approximate surface area is 132 Å². The first-order chi connectivity index (χ1) is 10.0. The highest BCUT2D eigenvalue weighted by molar-refractivity contribution is 7.88. The molecule has 2 N–H and O–H groups in total. The average Bonchev–Trinajstić information content (AvgIpc) is 2.45. The lowest BCUT2D eigenvalue weighted by Gasteiger charge is -2.59. The van der Waals surface area contributed by atoms with Crippen LogP contribution in [0.5, 0.6) is 0 Å². The smallest absolute Gasteiger partial charge is 0.243 e. The largest absolute Gasteiger partial charge is 0.378 e. The molecule has 0 aromatic rings. The van der Waals surface area contributed by atoms with Crippen LogP contribution in [-0.4, -0.2) is 74.2 Å². The van der Waals surface area contributed by atoms with Crippen molar-refractivity contribution in [3.8, 4) is 0 Å². The van der Waals surface area contributed by atoms with Crippen LogP contribution in [0.1, 0.15) is 27.2 Å². The topological polar surface area (TPSA) is 92.9 Å². The van der Waals surface area contributed by atoms with Gasteiger partial charge < -0.3 is 15.4 Å². The summed E-state index contributed by atoms with van der Waals surface area (Å²) in [6.07, 6.45) is 1.69. The lowest BCUT2D eigenvalue weighted by Crippen LogP contribution is -2.76. The van der Waals surface area contributed by atoms with Crippen molar-refractivity contribution < 1.29 is 17.9 Å². The van der Waals surface area contributed by atoms with E-state index >= 15 is 0 Å². The van der Waals surface area contributed by atoms with Crippen LogP contribution in [0.4, 0.5) is 0 Å². The molecule has 0 spiro atoms. The molecule has 7 nitrogen and oxygen atoms in total. The van der Waals surface area contributed by atoms with Crippen molar-refractivity contribution in [2.45, 2.75) is 38.8 Å². The number of rotatable bonds is 4. The van der Waals surface area contributed by atoms with Crippen molar-refractivity contribution >= 4 is 15.9 Å². The van der Waals surface area contributed by atoms with E-state index < -0.39 is 21.0 Å². The standard InChI is InChI=1S/C14H27N3O4S/c1-5-21-11-10-14(15,13(11,2)3)12(18)16-6-8-17(9-7-16)22(4,19)20/h11H,5-10,15H2,1-4H3. The zero-order chi connectivity index (χ0) is 16.8. The van der Waals surface area contributed by atoms with Gasteiger partial charge in [0.05, 0.1) is 12.4 Å². The van der Waals surface area contributed by atoms with E-state index in [1.165, 1.54) is 10.6 Å². The van der Waals surface area contributed by atoms with Crippen LogP contribution < -0.4 is 5.73 Å². The fourth-order valence-corrected chi connectivity index (χ4v) is 4.13. The van der Waals surface area contributed by atoms with Gasteiger partial charge in [0.1, 0.15) is 5.54 Å². The fraction of sp³-hybridized carbons (Fsp3) is 0.929. The van der Waals surface area contributed by atoms with E-state index in [4.69, 9.17) is 10.5 Å². The molecule has 22 heavy (non-hydrogen) atoms. The van der Waals surface area contributed by atoms with Crippen LogP contribution in [0.15, 0.2) is 0 Å². The molecule has 0 aromatic carbocycles. The molecule has 1 aliphatic heterocycles. The monoisotopic (exact) mass is 333 g/mol. The summed E-state index contributed by atoms with van der Waals surface area (Å²) in [7, 11) is -3.20. The van der Waals surface area contributed by atoms with E-state index in [-0.39, 0.29) is 12.0 Å². The molecule has 2 unspecified atom stereocenters. The molecule has 2 fully saturated rings. The SMILES string of the molecule is CCOC1CC(N)(C(=O)N2CCN(S(C)(=O)=O)CC2)C1(C)C. The van der Waals surface area contributed by atoms with E-state index in [0.29, 0.717) is 39.2 Å². The second-order valence-corrected chi connectivity index (χ2v) is 8.78. The minimum atomic E-state index is -3.20. The summed E-state index contributed by atoms with van der Waals surface area (Å²) in [5, 5.41) is 0. The number of piperazine rings is 1. The number of carbonyl (C=O) groups is 1. The summed E-state index contributed by atoms with van der Waals surface area (Å²) < 4.78 is 30.1. The maximum atomic E-state index is 12.8. The van der Waals surface area contributed by atoms with Gasteiger partial charge in [-0.25, -0.2) is 8.42 Å². The van der Waals surface area contributed by atoms with Gasteiger partial charge in [0.2, 0.25) is 15.9 Å². The minimum absolute atomic E-state index is 0.0104. The highest BCUT2D eigenvalue weighted by atomic mass is 32.2. The molecule has 0 radical (unpaired) electrons. The molecule has 2 aliphatic rings. The van der Waals surface area contributed by atoms with Gasteiger partial charge in [-0.15, -0.1) is 0 Å². The maximum absolute atomic E-state index is 12.8. The Balaban J connectivity index is 2.02. The van der Waals surface area contributed by atoms with Gasteiger partial charge in [-0.3, -0.25) is 4.79 Å². The summed E-state index contributed by atoms with van der Waals surface area (Å²) in [4.78, 5) is 14.5. The number of hydrogen-bond donors (Lipinski definition) is 1. The lowest BCUT2D eigenvalue weighted by atomic mass is 9.54. The Morgan fingerprint density at radius 3 is 2.23 bits per heavy atom. The molecule has 8 heteroatoms. The molecule has 1 saturated heterocycles. The van der Waals surface area contributed by atoms with Gasteiger partial charge in [-0.1, -0.05) is 13.8 Å². The predicted octanol–water partition coefficient (Wildman–Crippen LogP) is -0.377. The molecule has 1 aliphatic carbocycles. The highest BCUT2D eigenvalue weighted by Crippen LogP contribution is 2.50. The van der Waals surface area contributed by atoms with Gasteiger partial charge in [0.15, 0.2) is 0 Å². The zero-order valence-corrected chi connectivity index (χ0v) is 14.6. The van der Waals surface area contributed by atoms with Gasteiger partial charge in [0, 0.05) is 44.6 Å². The van der Waals surface area contributed by atoms with Crippen molar-refractivity contribution in [1.29, 1.82) is 0 Å². The summed E-state index contributed by atoms with van der Waals surface area (Å²) in [5.41, 5.74) is 5.04. The van der Waals surface area contributed by atoms with Crippen molar-refractivity contribution in [2.75, 3.05) is 39.0 Å². The van der Waals surface area contributed by atoms with Crippen molar-refractivity contribution in [1.82, 2.24) is 9.21 Å². The summed E-state index contributed by atoms with van der Waals surface area (Å²) in [5.74, 6) is -0.0957. The molecule has 2 atom stereocenters. The van der Waals surface area contributed by atoms with Gasteiger partial charge in [-0.05, 0) is 6.92 Å². The van der Waals surface area contributed by atoms with Crippen LogP contribution in [0.25, 0.3) is 0 Å². The van der Waals surface area contributed by atoms with Crippen LogP contribution in [0.2, 0.25) is 0 Å². The van der Waals surface area contributed by atoms with E-state index in [1.54, 1.807) is 4.90 Å². The highest BCUT2D eigenvalue weighted by Gasteiger charge is 2.63. The first-order valence-corrected chi connectivity index (χ1v) is 9.54. The maximum Gasteiger partial charge on any atom is 0.243 e. The number of amides is 1. The molecule has 1 saturated carbocycles. The number of ether oxygens (including phenoxy) is 1. The van der Waals surface area contributed by atoms with E-state index in [2.05, 4.69) is 0 Å². The van der Waals surface area contributed by atoms with E-state index in [0.717, 1.165) is 0 Å². The molecular weight excluding hydrogens is 306 g/mol. The zero-order valence-electron chi connectivity index (χ0n) is 13.8. The Kier molecular flexibility index (Phi) is 4.60. The van der Waals surface area contributed by atoms with E-state index in [1.807, 2.05) is 20.8 Å². The summed E-state index contributed by atoms with van der Waals surface area (Å²) in [6.45, 7) is 7.89. The lowest BCUT2D eigenvalue weighted by molar-refractivity contribution is -0.180. The first kappa shape index (κ1) is 17.7. The Hall–Kier alpha value is -0.700.